The van der Waals surface area contributed by atoms with E-state index >= 15 is 0 Å². The van der Waals surface area contributed by atoms with Gasteiger partial charge in [-0.05, 0) is 69.4 Å². The lowest BCUT2D eigenvalue weighted by Crippen LogP contribution is -2.54. The smallest absolute Gasteiger partial charge is 0.408 e. The van der Waals surface area contributed by atoms with E-state index in [0.717, 1.165) is 31.2 Å². The van der Waals surface area contributed by atoms with Crippen molar-refractivity contribution < 1.29 is 24.2 Å². The van der Waals surface area contributed by atoms with E-state index in [1.165, 1.54) is 12.1 Å². The molecule has 0 aliphatic carbocycles. The van der Waals surface area contributed by atoms with Crippen LogP contribution >= 0.6 is 0 Å². The molecule has 220 valence electrons. The van der Waals surface area contributed by atoms with E-state index < -0.39 is 23.8 Å². The first-order valence-electron chi connectivity index (χ1n) is 14.3. The van der Waals surface area contributed by atoms with Gasteiger partial charge in [-0.25, -0.2) is 4.79 Å². The molecule has 8 heteroatoms. The SMILES string of the molecule is CCCCCCCN(C(=O)C(NC(=O)OC(C)(C)C)C(C)C)C(C(=O)Nc1ccccc1C)c1ccc(O)cc1. The Kier molecular flexibility index (Phi) is 12.5. The van der Waals surface area contributed by atoms with Crippen LogP contribution < -0.4 is 10.6 Å². The summed E-state index contributed by atoms with van der Waals surface area (Å²) in [6.07, 6.45) is 4.14. The van der Waals surface area contributed by atoms with Crippen LogP contribution in [0.3, 0.4) is 0 Å². The molecule has 3 amide bonds. The summed E-state index contributed by atoms with van der Waals surface area (Å²) in [5, 5.41) is 15.7. The number of rotatable bonds is 13. The maximum absolute atomic E-state index is 14.2. The number of para-hydroxylation sites is 1. The van der Waals surface area contributed by atoms with Crippen LogP contribution in [0.2, 0.25) is 0 Å². The van der Waals surface area contributed by atoms with Crippen molar-refractivity contribution in [2.24, 2.45) is 5.92 Å². The summed E-state index contributed by atoms with van der Waals surface area (Å²) in [7, 11) is 0. The topological polar surface area (TPSA) is 108 Å². The third kappa shape index (κ3) is 10.2. The quantitative estimate of drug-likeness (QED) is 0.238. The zero-order chi connectivity index (χ0) is 29.9. The van der Waals surface area contributed by atoms with Gasteiger partial charge in [0.05, 0.1) is 0 Å². The molecule has 0 saturated carbocycles. The van der Waals surface area contributed by atoms with Gasteiger partial charge in [0.15, 0.2) is 0 Å². The Morgan fingerprint density at radius 3 is 2.15 bits per heavy atom. The fourth-order valence-electron chi connectivity index (χ4n) is 4.42. The largest absolute Gasteiger partial charge is 0.508 e. The molecule has 0 radical (unpaired) electrons. The number of phenols is 1. The van der Waals surface area contributed by atoms with Gasteiger partial charge in [0.1, 0.15) is 23.4 Å². The number of alkyl carbamates (subject to hydrolysis) is 1. The number of carbonyl (C=O) groups is 3. The number of aryl methyl sites for hydroxylation is 1. The summed E-state index contributed by atoms with van der Waals surface area (Å²) >= 11 is 0. The first-order valence-corrected chi connectivity index (χ1v) is 14.3. The third-order valence-corrected chi connectivity index (χ3v) is 6.56. The number of nitrogens with zero attached hydrogens (tertiary/aromatic N) is 1. The molecule has 2 rings (SSSR count). The molecule has 0 spiro atoms. The second-order valence-electron chi connectivity index (χ2n) is 11.6. The van der Waals surface area contributed by atoms with Gasteiger partial charge >= 0.3 is 6.09 Å². The van der Waals surface area contributed by atoms with Crippen LogP contribution in [0, 0.1) is 12.8 Å². The fraction of sp³-hybridized carbons (Fsp3) is 0.531. The lowest BCUT2D eigenvalue weighted by Gasteiger charge is -2.35. The Labute approximate surface area is 239 Å². The summed E-state index contributed by atoms with van der Waals surface area (Å²) in [4.78, 5) is 42.5. The number of benzene rings is 2. The van der Waals surface area contributed by atoms with Crippen LogP contribution in [0.4, 0.5) is 10.5 Å². The molecule has 0 aliphatic rings. The van der Waals surface area contributed by atoms with Crippen molar-refractivity contribution in [2.75, 3.05) is 11.9 Å². The number of amides is 3. The summed E-state index contributed by atoms with van der Waals surface area (Å²) in [6.45, 7) is 13.4. The van der Waals surface area contributed by atoms with E-state index in [1.807, 2.05) is 45.0 Å². The normalized spacial score (nSPS) is 12.9. The predicted molar refractivity (Wildman–Crippen MR) is 159 cm³/mol. The average Bonchev–Trinajstić information content (AvgIpc) is 2.87. The van der Waals surface area contributed by atoms with Crippen molar-refractivity contribution in [3.63, 3.8) is 0 Å². The first-order chi connectivity index (χ1) is 18.8. The monoisotopic (exact) mass is 553 g/mol. The third-order valence-electron chi connectivity index (χ3n) is 6.56. The highest BCUT2D eigenvalue weighted by Crippen LogP contribution is 2.28. The van der Waals surface area contributed by atoms with Gasteiger partial charge in [0.2, 0.25) is 5.91 Å². The van der Waals surface area contributed by atoms with E-state index in [1.54, 1.807) is 37.8 Å². The van der Waals surface area contributed by atoms with Crippen molar-refractivity contribution >= 4 is 23.6 Å². The Bertz CT molecular complexity index is 1110. The van der Waals surface area contributed by atoms with Crippen LogP contribution in [0.15, 0.2) is 48.5 Å². The molecule has 0 saturated heterocycles. The van der Waals surface area contributed by atoms with Gasteiger partial charge in [0, 0.05) is 12.2 Å². The summed E-state index contributed by atoms with van der Waals surface area (Å²) in [5.41, 5.74) is 1.38. The van der Waals surface area contributed by atoms with E-state index in [0.29, 0.717) is 24.2 Å². The molecular formula is C32H47N3O5. The minimum atomic E-state index is -0.986. The fourth-order valence-corrected chi connectivity index (χ4v) is 4.42. The summed E-state index contributed by atoms with van der Waals surface area (Å²) < 4.78 is 5.44. The molecule has 40 heavy (non-hydrogen) atoms. The summed E-state index contributed by atoms with van der Waals surface area (Å²) in [6, 6.07) is 11.9. The number of hydrogen-bond donors (Lipinski definition) is 3. The van der Waals surface area contributed by atoms with Crippen molar-refractivity contribution in [2.45, 2.75) is 98.3 Å². The van der Waals surface area contributed by atoms with Gasteiger partial charge < -0.3 is 25.4 Å². The zero-order valence-corrected chi connectivity index (χ0v) is 25.1. The molecule has 0 aromatic heterocycles. The Morgan fingerprint density at radius 1 is 0.950 bits per heavy atom. The second-order valence-corrected chi connectivity index (χ2v) is 11.6. The number of nitrogens with one attached hydrogen (secondary N) is 2. The number of aromatic hydroxyl groups is 1. The Morgan fingerprint density at radius 2 is 1.57 bits per heavy atom. The van der Waals surface area contributed by atoms with E-state index in [9.17, 15) is 19.5 Å². The zero-order valence-electron chi connectivity index (χ0n) is 25.1. The standard InChI is InChI=1S/C32H47N3O5/c1-8-9-10-11-14-21-35(30(38)27(22(2)3)34-31(39)40-32(5,6)7)28(24-17-19-25(36)20-18-24)29(37)33-26-16-13-12-15-23(26)4/h12-13,15-20,22,27-28,36H,8-11,14,21H2,1-7H3,(H,33,37)(H,34,39). The number of carbonyl (C=O) groups excluding carboxylic acids is 3. The highest BCUT2D eigenvalue weighted by molar-refractivity contribution is 5.99. The van der Waals surface area contributed by atoms with Crippen LogP contribution in [-0.2, 0) is 14.3 Å². The van der Waals surface area contributed by atoms with Gasteiger partial charge in [0.25, 0.3) is 5.91 Å². The first kappa shape index (κ1) is 32.7. The lowest BCUT2D eigenvalue weighted by atomic mass is 9.98. The van der Waals surface area contributed by atoms with Crippen molar-refractivity contribution in [1.82, 2.24) is 10.2 Å². The van der Waals surface area contributed by atoms with Gasteiger partial charge in [-0.3, -0.25) is 9.59 Å². The highest BCUT2D eigenvalue weighted by Gasteiger charge is 2.37. The molecule has 8 nitrogen and oxygen atoms in total. The maximum atomic E-state index is 14.2. The number of hydrogen-bond acceptors (Lipinski definition) is 5. The van der Waals surface area contributed by atoms with E-state index in [4.69, 9.17) is 4.74 Å². The molecule has 3 N–H and O–H groups in total. The minimum Gasteiger partial charge on any atom is -0.508 e. The highest BCUT2D eigenvalue weighted by atomic mass is 16.6. The van der Waals surface area contributed by atoms with Gasteiger partial charge in [-0.15, -0.1) is 0 Å². The molecule has 0 heterocycles. The van der Waals surface area contributed by atoms with Crippen molar-refractivity contribution in [3.05, 3.63) is 59.7 Å². The lowest BCUT2D eigenvalue weighted by molar-refractivity contribution is -0.141. The Balaban J connectivity index is 2.51. The summed E-state index contributed by atoms with van der Waals surface area (Å²) in [5.74, 6) is -0.940. The van der Waals surface area contributed by atoms with E-state index in [-0.39, 0.29) is 23.5 Å². The van der Waals surface area contributed by atoms with Crippen LogP contribution in [0.5, 0.6) is 5.75 Å². The van der Waals surface area contributed by atoms with Crippen LogP contribution in [0.25, 0.3) is 0 Å². The predicted octanol–water partition coefficient (Wildman–Crippen LogP) is 6.73. The molecule has 0 aliphatic heterocycles. The molecule has 2 atom stereocenters. The molecule has 2 aromatic rings. The second kappa shape index (κ2) is 15.3. The van der Waals surface area contributed by atoms with Crippen molar-refractivity contribution in [3.8, 4) is 5.75 Å². The number of phenolic OH excluding ortho intramolecular Hbond substituents is 1. The number of ether oxygens (including phenoxy) is 1. The van der Waals surface area contributed by atoms with E-state index in [2.05, 4.69) is 17.6 Å². The molecule has 2 unspecified atom stereocenters. The molecule has 0 bridgehead atoms. The maximum Gasteiger partial charge on any atom is 0.408 e. The van der Waals surface area contributed by atoms with Crippen molar-refractivity contribution in [1.29, 1.82) is 0 Å². The molecule has 2 aromatic carbocycles. The number of anilines is 1. The van der Waals surface area contributed by atoms with Crippen LogP contribution in [-0.4, -0.2) is 46.1 Å². The van der Waals surface area contributed by atoms with Crippen LogP contribution in [0.1, 0.15) is 90.8 Å². The molecular weight excluding hydrogens is 506 g/mol. The minimum absolute atomic E-state index is 0.0610. The van der Waals surface area contributed by atoms with Gasteiger partial charge in [-0.1, -0.05) is 76.8 Å². The molecule has 0 fully saturated rings. The van der Waals surface area contributed by atoms with Gasteiger partial charge in [-0.2, -0.15) is 0 Å². The Hall–Kier alpha value is -3.55. The average molecular weight is 554 g/mol. The number of unbranched alkanes of at least 4 members (excludes halogenated alkanes) is 4.